The van der Waals surface area contributed by atoms with Crippen molar-refractivity contribution in [1.82, 2.24) is 4.98 Å². The minimum absolute atomic E-state index is 0.186. The van der Waals surface area contributed by atoms with Crippen molar-refractivity contribution in [1.29, 1.82) is 0 Å². The highest BCUT2D eigenvalue weighted by Gasteiger charge is 2.13. The van der Waals surface area contributed by atoms with Gasteiger partial charge in [0, 0.05) is 25.2 Å². The van der Waals surface area contributed by atoms with E-state index in [4.69, 9.17) is 16.0 Å². The standard InChI is InChI=1S/C21H13BrClIN2O2/c22-17-7-5-14(24)10-16(17)21(27)25-15-6-8-19-18(11-15)26-20(28-19)9-12-1-3-13(23)4-2-12/h1-8,10-11H,9H2,(H,25,27). The molecule has 1 N–H and O–H groups in total. The zero-order chi connectivity index (χ0) is 19.7. The average molecular weight is 568 g/mol. The minimum Gasteiger partial charge on any atom is -0.440 e. The predicted octanol–water partition coefficient (Wildman–Crippen LogP) is 6.69. The second kappa shape index (κ2) is 8.23. The molecule has 0 aliphatic carbocycles. The van der Waals surface area contributed by atoms with Crippen molar-refractivity contribution in [3.63, 3.8) is 0 Å². The molecule has 1 aromatic heterocycles. The van der Waals surface area contributed by atoms with E-state index in [2.05, 4.69) is 48.8 Å². The number of carbonyl (C=O) groups is 1. The number of aromatic nitrogens is 1. The van der Waals surface area contributed by atoms with Gasteiger partial charge in [-0.05, 0) is 92.6 Å². The van der Waals surface area contributed by atoms with Crippen LogP contribution < -0.4 is 5.32 Å². The van der Waals surface area contributed by atoms with E-state index in [1.807, 2.05) is 54.6 Å². The predicted molar refractivity (Wildman–Crippen MR) is 123 cm³/mol. The van der Waals surface area contributed by atoms with Crippen molar-refractivity contribution in [2.45, 2.75) is 6.42 Å². The molecule has 1 heterocycles. The summed E-state index contributed by atoms with van der Waals surface area (Å²) in [6.07, 6.45) is 0.572. The number of nitrogens with zero attached hydrogens (tertiary/aromatic N) is 1. The molecule has 0 spiro atoms. The summed E-state index contributed by atoms with van der Waals surface area (Å²) >= 11 is 11.5. The zero-order valence-electron chi connectivity index (χ0n) is 14.4. The Kier molecular flexibility index (Phi) is 5.70. The van der Waals surface area contributed by atoms with Gasteiger partial charge in [0.25, 0.3) is 5.91 Å². The number of amides is 1. The van der Waals surface area contributed by atoms with Crippen LogP contribution >= 0.6 is 50.1 Å². The summed E-state index contributed by atoms with van der Waals surface area (Å²) in [5, 5.41) is 3.61. The smallest absolute Gasteiger partial charge is 0.256 e. The maximum Gasteiger partial charge on any atom is 0.256 e. The molecule has 4 aromatic rings. The molecule has 4 rings (SSSR count). The largest absolute Gasteiger partial charge is 0.440 e. The monoisotopic (exact) mass is 566 g/mol. The first-order chi connectivity index (χ1) is 13.5. The fraction of sp³-hybridized carbons (Fsp3) is 0.0476. The second-order valence-corrected chi connectivity index (χ2v) is 8.71. The average Bonchev–Trinajstić information content (AvgIpc) is 3.07. The molecule has 0 saturated carbocycles. The van der Waals surface area contributed by atoms with Gasteiger partial charge in [-0.15, -0.1) is 0 Å². The molecular formula is C21H13BrClIN2O2. The third kappa shape index (κ3) is 4.39. The number of nitrogens with one attached hydrogen (secondary N) is 1. The van der Waals surface area contributed by atoms with E-state index >= 15 is 0 Å². The number of fused-ring (bicyclic) bond motifs is 1. The molecule has 4 nitrogen and oxygen atoms in total. The van der Waals surface area contributed by atoms with Crippen LogP contribution in [-0.4, -0.2) is 10.9 Å². The third-order valence-electron chi connectivity index (χ3n) is 4.13. The highest BCUT2D eigenvalue weighted by atomic mass is 127. The molecule has 28 heavy (non-hydrogen) atoms. The molecular weight excluding hydrogens is 555 g/mol. The molecule has 0 unspecified atom stereocenters. The van der Waals surface area contributed by atoms with Gasteiger partial charge in [0.15, 0.2) is 11.5 Å². The van der Waals surface area contributed by atoms with Gasteiger partial charge in [0.05, 0.1) is 5.56 Å². The molecule has 0 saturated heterocycles. The fourth-order valence-corrected chi connectivity index (χ4v) is 3.82. The fourth-order valence-electron chi connectivity index (χ4n) is 2.78. The van der Waals surface area contributed by atoms with Crippen molar-refractivity contribution in [2.24, 2.45) is 0 Å². The Hall–Kier alpha value is -1.90. The van der Waals surface area contributed by atoms with Crippen LogP contribution in [0, 0.1) is 3.57 Å². The molecule has 0 aliphatic heterocycles. The first-order valence-electron chi connectivity index (χ1n) is 8.38. The van der Waals surface area contributed by atoms with Crippen molar-refractivity contribution in [3.8, 4) is 0 Å². The maximum absolute atomic E-state index is 12.6. The van der Waals surface area contributed by atoms with Crippen LogP contribution in [-0.2, 0) is 6.42 Å². The summed E-state index contributed by atoms with van der Waals surface area (Å²) in [7, 11) is 0. The molecule has 0 bridgehead atoms. The van der Waals surface area contributed by atoms with Gasteiger partial charge in [-0.25, -0.2) is 4.98 Å². The van der Waals surface area contributed by atoms with E-state index in [0.29, 0.717) is 39.7 Å². The van der Waals surface area contributed by atoms with Crippen molar-refractivity contribution < 1.29 is 9.21 Å². The lowest BCUT2D eigenvalue weighted by molar-refractivity contribution is 0.102. The molecule has 3 aromatic carbocycles. The van der Waals surface area contributed by atoms with Crippen molar-refractivity contribution in [2.75, 3.05) is 5.32 Å². The number of rotatable bonds is 4. The van der Waals surface area contributed by atoms with Crippen LogP contribution in [0.2, 0.25) is 5.02 Å². The van der Waals surface area contributed by atoms with Gasteiger partial charge in [0.2, 0.25) is 0 Å². The molecule has 7 heteroatoms. The van der Waals surface area contributed by atoms with Crippen LogP contribution in [0.3, 0.4) is 0 Å². The van der Waals surface area contributed by atoms with Crippen molar-refractivity contribution >= 4 is 72.8 Å². The summed E-state index contributed by atoms with van der Waals surface area (Å²) in [6, 6.07) is 18.6. The summed E-state index contributed by atoms with van der Waals surface area (Å²) in [5.74, 6) is 0.427. The van der Waals surface area contributed by atoms with Crippen LogP contribution in [0.1, 0.15) is 21.8 Å². The van der Waals surface area contributed by atoms with Crippen LogP contribution in [0.25, 0.3) is 11.1 Å². The van der Waals surface area contributed by atoms with Gasteiger partial charge in [-0.1, -0.05) is 23.7 Å². The summed E-state index contributed by atoms with van der Waals surface area (Å²) in [6.45, 7) is 0. The molecule has 0 fully saturated rings. The number of anilines is 1. The topological polar surface area (TPSA) is 55.1 Å². The maximum atomic E-state index is 12.6. The SMILES string of the molecule is O=C(Nc1ccc2oc(Cc3ccc(Cl)cc3)nc2c1)c1cc(I)ccc1Br. The Morgan fingerprint density at radius 1 is 1.11 bits per heavy atom. The van der Waals surface area contributed by atoms with Crippen molar-refractivity contribution in [3.05, 3.63) is 90.7 Å². The summed E-state index contributed by atoms with van der Waals surface area (Å²) < 4.78 is 7.56. The minimum atomic E-state index is -0.186. The van der Waals surface area contributed by atoms with Gasteiger partial charge in [-0.3, -0.25) is 4.79 Å². The lowest BCUT2D eigenvalue weighted by Gasteiger charge is -2.07. The van der Waals surface area contributed by atoms with Gasteiger partial charge >= 0.3 is 0 Å². The van der Waals surface area contributed by atoms with E-state index in [9.17, 15) is 4.79 Å². The summed E-state index contributed by atoms with van der Waals surface area (Å²) in [4.78, 5) is 17.1. The van der Waals surface area contributed by atoms with E-state index in [1.54, 1.807) is 6.07 Å². The van der Waals surface area contributed by atoms with Gasteiger partial charge < -0.3 is 9.73 Å². The third-order valence-corrected chi connectivity index (χ3v) is 5.75. The molecule has 1 amide bonds. The molecule has 140 valence electrons. The van der Waals surface area contributed by atoms with Crippen LogP contribution in [0.4, 0.5) is 5.69 Å². The lowest BCUT2D eigenvalue weighted by Crippen LogP contribution is -2.12. The first kappa shape index (κ1) is 19.4. The quantitative estimate of drug-likeness (QED) is 0.280. The van der Waals surface area contributed by atoms with Crippen LogP contribution in [0.15, 0.2) is 69.6 Å². The van der Waals surface area contributed by atoms with E-state index < -0.39 is 0 Å². The van der Waals surface area contributed by atoms with E-state index in [1.165, 1.54) is 0 Å². The molecule has 0 radical (unpaired) electrons. The highest BCUT2D eigenvalue weighted by molar-refractivity contribution is 14.1. The Morgan fingerprint density at radius 3 is 2.68 bits per heavy atom. The van der Waals surface area contributed by atoms with Crippen LogP contribution in [0.5, 0.6) is 0 Å². The number of hydrogen-bond donors (Lipinski definition) is 1. The number of benzene rings is 3. The van der Waals surface area contributed by atoms with Gasteiger partial charge in [-0.2, -0.15) is 0 Å². The zero-order valence-corrected chi connectivity index (χ0v) is 18.9. The molecule has 0 atom stereocenters. The van der Waals surface area contributed by atoms with Gasteiger partial charge in [0.1, 0.15) is 5.52 Å². The highest BCUT2D eigenvalue weighted by Crippen LogP contribution is 2.24. The Morgan fingerprint density at radius 2 is 1.89 bits per heavy atom. The Bertz CT molecular complexity index is 1170. The summed E-state index contributed by atoms with van der Waals surface area (Å²) in [5.41, 5.74) is 3.68. The Balaban J connectivity index is 1.55. The number of hydrogen-bond acceptors (Lipinski definition) is 3. The Labute approximate surface area is 188 Å². The number of halogens is 3. The normalized spacial score (nSPS) is 11.0. The first-order valence-corrected chi connectivity index (χ1v) is 10.6. The number of oxazole rings is 1. The van der Waals surface area contributed by atoms with E-state index in [-0.39, 0.29) is 5.91 Å². The molecule has 0 aliphatic rings. The van der Waals surface area contributed by atoms with E-state index in [0.717, 1.165) is 13.6 Å². The second-order valence-electron chi connectivity index (χ2n) is 6.17. The number of carbonyl (C=O) groups excluding carboxylic acids is 1. The lowest BCUT2D eigenvalue weighted by atomic mass is 10.1.